The Hall–Kier alpha value is -3.54. The number of aromatic nitrogens is 3. The van der Waals surface area contributed by atoms with Gasteiger partial charge in [0.2, 0.25) is 0 Å². The van der Waals surface area contributed by atoms with Crippen molar-refractivity contribution in [2.75, 3.05) is 10.6 Å². The number of hydrogen-bond donors (Lipinski definition) is 3. The summed E-state index contributed by atoms with van der Waals surface area (Å²) in [6.45, 7) is -0.0535. The highest BCUT2D eigenvalue weighted by Crippen LogP contribution is 2.39. The van der Waals surface area contributed by atoms with E-state index in [0.717, 1.165) is 10.7 Å². The first-order valence-corrected chi connectivity index (χ1v) is 11.9. The molecule has 184 valence electrons. The number of halogens is 5. The number of nitrogens with one attached hydrogen (secondary N) is 2. The van der Waals surface area contributed by atoms with Gasteiger partial charge in [0, 0.05) is 11.9 Å². The summed E-state index contributed by atoms with van der Waals surface area (Å²) in [5.74, 6) is -0.309. The first-order chi connectivity index (χ1) is 17.1. The van der Waals surface area contributed by atoms with Crippen LogP contribution in [0.2, 0.25) is 10.0 Å². The maximum atomic E-state index is 13.3. The molecule has 0 spiro atoms. The van der Waals surface area contributed by atoms with Crippen LogP contribution in [-0.2, 0) is 12.7 Å². The average Bonchev–Trinajstić information content (AvgIpc) is 3.50. The number of carbonyl (C=O) groups excluding carboxylic acids is 1. The Balaban J connectivity index is 1.42. The maximum absolute atomic E-state index is 13.3. The number of phenolic OH excluding ortho intramolecular Hbond substituents is 1. The minimum Gasteiger partial charge on any atom is -0.505 e. The van der Waals surface area contributed by atoms with Crippen LogP contribution in [0.1, 0.15) is 11.1 Å². The lowest BCUT2D eigenvalue weighted by atomic mass is 10.1. The molecule has 0 aliphatic heterocycles. The Morgan fingerprint density at radius 1 is 1.14 bits per heavy atom. The van der Waals surface area contributed by atoms with Crippen molar-refractivity contribution in [2.24, 2.45) is 0 Å². The Labute approximate surface area is 215 Å². The number of phenols is 1. The van der Waals surface area contributed by atoms with E-state index in [1.54, 1.807) is 23.7 Å². The van der Waals surface area contributed by atoms with Crippen LogP contribution in [0, 0.1) is 0 Å². The predicted molar refractivity (Wildman–Crippen MR) is 134 cm³/mol. The van der Waals surface area contributed by atoms with Gasteiger partial charge in [-0.3, -0.25) is 0 Å². The van der Waals surface area contributed by atoms with Gasteiger partial charge in [-0.1, -0.05) is 41.4 Å². The highest BCUT2D eigenvalue weighted by Gasteiger charge is 2.32. The lowest BCUT2D eigenvalue weighted by Crippen LogP contribution is -2.20. The fourth-order valence-corrected chi connectivity index (χ4v) is 5.05. The third kappa shape index (κ3) is 4.29. The van der Waals surface area contributed by atoms with Crippen molar-refractivity contribution < 1.29 is 23.1 Å². The quantitative estimate of drug-likeness (QED) is 0.217. The smallest absolute Gasteiger partial charge is 0.416 e. The zero-order valence-corrected chi connectivity index (χ0v) is 20.2. The van der Waals surface area contributed by atoms with Crippen LogP contribution in [0.4, 0.5) is 29.3 Å². The van der Waals surface area contributed by atoms with Crippen molar-refractivity contribution in [3.05, 3.63) is 75.3 Å². The van der Waals surface area contributed by atoms with Crippen molar-refractivity contribution in [3.8, 4) is 5.75 Å². The molecule has 0 radical (unpaired) electrons. The van der Waals surface area contributed by atoms with Crippen LogP contribution >= 0.6 is 34.5 Å². The third-order valence-electron chi connectivity index (χ3n) is 5.45. The van der Waals surface area contributed by atoms with E-state index in [-0.39, 0.29) is 33.4 Å². The lowest BCUT2D eigenvalue weighted by molar-refractivity contribution is -0.138. The number of anilines is 2. The normalized spacial score (nSPS) is 11.8. The molecule has 36 heavy (non-hydrogen) atoms. The zero-order chi connectivity index (χ0) is 25.6. The monoisotopic (exact) mass is 551 g/mol. The van der Waals surface area contributed by atoms with Gasteiger partial charge in [-0.05, 0) is 29.8 Å². The van der Waals surface area contributed by atoms with Crippen molar-refractivity contribution in [3.63, 3.8) is 0 Å². The molecular weight excluding hydrogens is 538 g/mol. The highest BCUT2D eigenvalue weighted by molar-refractivity contribution is 7.17. The molecule has 0 bridgehead atoms. The van der Waals surface area contributed by atoms with E-state index < -0.39 is 17.8 Å². The second-order valence-electron chi connectivity index (χ2n) is 7.64. The number of thiazole rings is 1. The number of amides is 1. The zero-order valence-electron chi connectivity index (χ0n) is 17.9. The van der Waals surface area contributed by atoms with Gasteiger partial charge in [0.25, 0.3) is 0 Å². The van der Waals surface area contributed by atoms with Gasteiger partial charge in [0.05, 0.1) is 48.9 Å². The summed E-state index contributed by atoms with van der Waals surface area (Å²) in [4.78, 5) is 17.3. The molecule has 0 aliphatic rings. The molecule has 0 atom stereocenters. The van der Waals surface area contributed by atoms with E-state index in [4.69, 9.17) is 23.2 Å². The largest absolute Gasteiger partial charge is 0.505 e. The molecule has 0 aliphatic carbocycles. The number of nitrogens with zero attached hydrogens (tertiary/aromatic N) is 3. The topological polar surface area (TPSA) is 92.1 Å². The Bertz CT molecular complexity index is 1630. The Kier molecular flexibility index (Phi) is 6.15. The van der Waals surface area contributed by atoms with E-state index in [2.05, 4.69) is 20.7 Å². The number of hydrogen-bond acceptors (Lipinski definition) is 6. The molecule has 3 N–H and O–H groups in total. The molecule has 0 fully saturated rings. The van der Waals surface area contributed by atoms with Gasteiger partial charge >= 0.3 is 12.2 Å². The van der Waals surface area contributed by atoms with Crippen molar-refractivity contribution >= 4 is 73.1 Å². The summed E-state index contributed by atoms with van der Waals surface area (Å²) < 4.78 is 41.7. The van der Waals surface area contributed by atoms with E-state index >= 15 is 0 Å². The van der Waals surface area contributed by atoms with Crippen LogP contribution in [0.15, 0.2) is 54.2 Å². The third-order valence-corrected chi connectivity index (χ3v) is 6.98. The molecule has 2 heterocycles. The van der Waals surface area contributed by atoms with Gasteiger partial charge in [0.1, 0.15) is 5.52 Å². The fourth-order valence-electron chi connectivity index (χ4n) is 3.75. The van der Waals surface area contributed by atoms with Gasteiger partial charge in [0.15, 0.2) is 5.75 Å². The van der Waals surface area contributed by atoms with E-state index in [1.807, 2.05) is 0 Å². The summed E-state index contributed by atoms with van der Waals surface area (Å²) in [5, 5.41) is 20.0. The average molecular weight is 552 g/mol. The number of rotatable bonds is 4. The molecule has 3 aromatic carbocycles. The number of alkyl halides is 3. The number of fused-ring (bicyclic) bond motifs is 2. The van der Waals surface area contributed by atoms with Gasteiger partial charge in [-0.15, -0.1) is 11.3 Å². The Morgan fingerprint density at radius 3 is 2.67 bits per heavy atom. The summed E-state index contributed by atoms with van der Waals surface area (Å²) >= 11 is 13.4. The molecular formula is C23H14Cl2F3N5O2S. The van der Waals surface area contributed by atoms with Crippen molar-refractivity contribution in [1.29, 1.82) is 0 Å². The second kappa shape index (κ2) is 9.16. The summed E-state index contributed by atoms with van der Waals surface area (Å²) in [6.07, 6.45) is -3.13. The van der Waals surface area contributed by atoms with Crippen molar-refractivity contribution in [1.82, 2.24) is 14.8 Å². The number of carbonyl (C=O) groups is 1. The van der Waals surface area contributed by atoms with E-state index in [9.17, 15) is 23.1 Å². The van der Waals surface area contributed by atoms with Crippen molar-refractivity contribution in [2.45, 2.75) is 12.7 Å². The molecule has 7 nitrogen and oxygen atoms in total. The van der Waals surface area contributed by atoms with Crippen LogP contribution in [-0.4, -0.2) is 25.9 Å². The minimum absolute atomic E-state index is 0.0269. The standard InChI is InChI=1S/C23H14Cl2F3N5O2S/c24-14-7-17-12(18(25)20(14)34)9-31-33(17)22(35)32-15-5-6-16(21-19(15)30-10-36-21)29-8-11-3-1-2-4-13(11)23(26,27)28/h1-7,9-10,29,34H,8H2,(H,32,35). The summed E-state index contributed by atoms with van der Waals surface area (Å²) in [5.41, 5.74) is 2.65. The minimum atomic E-state index is -4.46. The van der Waals surface area contributed by atoms with Gasteiger partial charge in [-0.25, -0.2) is 9.78 Å². The number of aromatic hydroxyl groups is 1. The molecule has 13 heteroatoms. The molecule has 1 amide bonds. The number of benzene rings is 3. The molecule has 0 saturated heterocycles. The van der Waals surface area contributed by atoms with Gasteiger partial charge < -0.3 is 15.7 Å². The van der Waals surface area contributed by atoms with Crippen LogP contribution in [0.3, 0.4) is 0 Å². The lowest BCUT2D eigenvalue weighted by Gasteiger charge is -2.15. The first-order valence-electron chi connectivity index (χ1n) is 10.3. The first kappa shape index (κ1) is 24.2. The van der Waals surface area contributed by atoms with Crippen LogP contribution < -0.4 is 10.6 Å². The van der Waals surface area contributed by atoms with Gasteiger partial charge in [-0.2, -0.15) is 23.0 Å². The molecule has 5 rings (SSSR count). The Morgan fingerprint density at radius 2 is 1.89 bits per heavy atom. The predicted octanol–water partition coefficient (Wildman–Crippen LogP) is 7.37. The molecule has 0 unspecified atom stereocenters. The molecule has 2 aromatic heterocycles. The molecule has 0 saturated carbocycles. The van der Waals surface area contributed by atoms with Crippen LogP contribution in [0.5, 0.6) is 5.75 Å². The fraction of sp³-hybridized carbons (Fsp3) is 0.0870. The van der Waals surface area contributed by atoms with Crippen LogP contribution in [0.25, 0.3) is 21.1 Å². The summed E-state index contributed by atoms with van der Waals surface area (Å²) in [7, 11) is 0. The van der Waals surface area contributed by atoms with E-state index in [1.165, 1.54) is 35.7 Å². The SMILES string of the molecule is O=C(Nc1ccc(NCc2ccccc2C(F)(F)F)c2scnc12)n1ncc2c(Cl)c(O)c(Cl)cc21. The second-order valence-corrected chi connectivity index (χ2v) is 9.28. The van der Waals surface area contributed by atoms with E-state index in [0.29, 0.717) is 27.0 Å². The highest BCUT2D eigenvalue weighted by atomic mass is 35.5. The molecule has 5 aromatic rings. The summed E-state index contributed by atoms with van der Waals surface area (Å²) in [6, 6.07) is 9.34. The maximum Gasteiger partial charge on any atom is 0.416 e.